The van der Waals surface area contributed by atoms with Gasteiger partial charge in [0, 0.05) is 6.42 Å². The Kier molecular flexibility index (Phi) is 47.3. The van der Waals surface area contributed by atoms with Crippen molar-refractivity contribution < 1.29 is 39.8 Å². The molecule has 68 heavy (non-hydrogen) atoms. The number of hydrogen-bond donors (Lipinski definition) is 6. The van der Waals surface area contributed by atoms with Crippen LogP contribution in [0.1, 0.15) is 303 Å². The third-order valence-electron chi connectivity index (χ3n) is 14.6. The molecule has 6 N–H and O–H groups in total. The lowest BCUT2D eigenvalue weighted by Gasteiger charge is -2.40. The third kappa shape index (κ3) is 38.6. The zero-order valence-electron chi connectivity index (χ0n) is 44.9. The van der Waals surface area contributed by atoms with Gasteiger partial charge in [-0.15, -0.1) is 0 Å². The van der Waals surface area contributed by atoms with Gasteiger partial charge in [0.05, 0.1) is 25.4 Å². The molecule has 1 fully saturated rings. The molecule has 0 aliphatic carbocycles. The first kappa shape index (κ1) is 64.9. The Morgan fingerprint density at radius 3 is 1.19 bits per heavy atom. The van der Waals surface area contributed by atoms with Gasteiger partial charge >= 0.3 is 0 Å². The van der Waals surface area contributed by atoms with Crippen molar-refractivity contribution in [2.75, 3.05) is 13.2 Å². The number of amides is 1. The predicted octanol–water partition coefficient (Wildman–Crippen LogP) is 14.8. The largest absolute Gasteiger partial charge is 0.394 e. The van der Waals surface area contributed by atoms with Crippen LogP contribution in [-0.4, -0.2) is 87.5 Å². The molecule has 1 aliphatic rings. The molecule has 1 heterocycles. The van der Waals surface area contributed by atoms with Crippen LogP contribution in [0.5, 0.6) is 0 Å². The first-order valence-electron chi connectivity index (χ1n) is 29.9. The van der Waals surface area contributed by atoms with E-state index in [0.717, 1.165) is 51.4 Å². The number of ether oxygens (including phenoxy) is 2. The average Bonchev–Trinajstić information content (AvgIpc) is 3.34. The smallest absolute Gasteiger partial charge is 0.220 e. The van der Waals surface area contributed by atoms with E-state index < -0.39 is 49.5 Å². The van der Waals surface area contributed by atoms with Gasteiger partial charge in [-0.05, 0) is 38.5 Å². The van der Waals surface area contributed by atoms with E-state index in [1.54, 1.807) is 0 Å². The van der Waals surface area contributed by atoms with Crippen LogP contribution >= 0.6 is 0 Å². The van der Waals surface area contributed by atoms with Gasteiger partial charge in [0.15, 0.2) is 6.29 Å². The fourth-order valence-electron chi connectivity index (χ4n) is 9.87. The van der Waals surface area contributed by atoms with Crippen molar-refractivity contribution in [2.45, 2.75) is 346 Å². The van der Waals surface area contributed by atoms with Gasteiger partial charge in [0.2, 0.25) is 5.91 Å². The fraction of sp³-hybridized carbons (Fsp3) is 0.949. The number of allylic oxidation sites excluding steroid dienone is 2. The lowest BCUT2D eigenvalue weighted by molar-refractivity contribution is -0.302. The van der Waals surface area contributed by atoms with Gasteiger partial charge in [-0.1, -0.05) is 270 Å². The SMILES string of the molecule is CCCCCCC/C=C\CCCCCCCC(=O)NC(COC1OC(CO)C(O)C(O)C1O)C(O)CCCCCCCCCCCCCCCCCCCCCCCCCCCCCCCCC. The molecule has 9 nitrogen and oxygen atoms in total. The van der Waals surface area contributed by atoms with Gasteiger partial charge in [0.1, 0.15) is 24.4 Å². The number of aliphatic hydroxyl groups is 5. The maximum absolute atomic E-state index is 13.0. The number of aliphatic hydroxyl groups excluding tert-OH is 5. The second kappa shape index (κ2) is 49.5. The molecule has 7 atom stereocenters. The summed E-state index contributed by atoms with van der Waals surface area (Å²) >= 11 is 0. The van der Waals surface area contributed by atoms with E-state index in [0.29, 0.717) is 12.8 Å². The summed E-state index contributed by atoms with van der Waals surface area (Å²) in [5, 5.41) is 54.6. The topological polar surface area (TPSA) is 149 Å². The summed E-state index contributed by atoms with van der Waals surface area (Å²) in [6.07, 6.45) is 54.0. The molecular formula is C59H115NO8. The molecule has 404 valence electrons. The third-order valence-corrected chi connectivity index (χ3v) is 14.6. The van der Waals surface area contributed by atoms with Crippen LogP contribution in [0.15, 0.2) is 12.2 Å². The van der Waals surface area contributed by atoms with Crippen LogP contribution in [0.3, 0.4) is 0 Å². The Hall–Kier alpha value is -1.07. The minimum Gasteiger partial charge on any atom is -0.394 e. The Morgan fingerprint density at radius 2 is 0.824 bits per heavy atom. The second-order valence-corrected chi connectivity index (χ2v) is 21.1. The average molecular weight is 967 g/mol. The van der Waals surface area contributed by atoms with Gasteiger partial charge in [-0.2, -0.15) is 0 Å². The summed E-state index contributed by atoms with van der Waals surface area (Å²) in [6, 6.07) is -0.721. The number of carbonyl (C=O) groups excluding carboxylic acids is 1. The Bertz CT molecular complexity index is 1080. The summed E-state index contributed by atoms with van der Waals surface area (Å²) in [5.41, 5.74) is 0. The number of hydrogen-bond acceptors (Lipinski definition) is 8. The summed E-state index contributed by atoms with van der Waals surface area (Å²) in [5.74, 6) is -0.149. The Labute approximate surface area is 420 Å². The number of nitrogens with one attached hydrogen (secondary N) is 1. The molecule has 1 aliphatic heterocycles. The zero-order chi connectivity index (χ0) is 49.4. The molecule has 0 aromatic heterocycles. The predicted molar refractivity (Wildman–Crippen MR) is 286 cm³/mol. The van der Waals surface area contributed by atoms with E-state index in [4.69, 9.17) is 9.47 Å². The summed E-state index contributed by atoms with van der Waals surface area (Å²) in [6.45, 7) is 3.85. The van der Waals surface area contributed by atoms with Gasteiger partial charge in [-0.3, -0.25) is 4.79 Å². The van der Waals surface area contributed by atoms with Crippen molar-refractivity contribution >= 4 is 5.91 Å². The zero-order valence-corrected chi connectivity index (χ0v) is 44.9. The monoisotopic (exact) mass is 966 g/mol. The molecule has 0 saturated carbocycles. The normalized spacial score (nSPS) is 19.5. The maximum Gasteiger partial charge on any atom is 0.220 e. The van der Waals surface area contributed by atoms with Gasteiger partial charge < -0.3 is 40.3 Å². The molecule has 0 spiro atoms. The summed E-state index contributed by atoms with van der Waals surface area (Å²) < 4.78 is 11.3. The van der Waals surface area contributed by atoms with Gasteiger partial charge in [-0.25, -0.2) is 0 Å². The lowest BCUT2D eigenvalue weighted by atomic mass is 9.99. The molecule has 0 aromatic carbocycles. The number of unbranched alkanes of at least 4 members (excludes halogenated alkanes) is 40. The molecule has 1 saturated heterocycles. The molecule has 0 bridgehead atoms. The number of rotatable bonds is 52. The van der Waals surface area contributed by atoms with Crippen molar-refractivity contribution in [3.8, 4) is 0 Å². The highest BCUT2D eigenvalue weighted by atomic mass is 16.7. The van der Waals surface area contributed by atoms with Crippen molar-refractivity contribution in [2.24, 2.45) is 0 Å². The van der Waals surface area contributed by atoms with Crippen LogP contribution in [0.2, 0.25) is 0 Å². The molecule has 9 heteroatoms. The Morgan fingerprint density at radius 1 is 0.485 bits per heavy atom. The van der Waals surface area contributed by atoms with Crippen molar-refractivity contribution in [1.82, 2.24) is 5.32 Å². The Balaban J connectivity index is 2.11. The van der Waals surface area contributed by atoms with Gasteiger partial charge in [0.25, 0.3) is 0 Å². The molecule has 1 amide bonds. The van der Waals surface area contributed by atoms with Crippen LogP contribution in [0, 0.1) is 0 Å². The molecule has 0 aromatic rings. The highest BCUT2D eigenvalue weighted by Crippen LogP contribution is 2.23. The number of carbonyl (C=O) groups is 1. The minimum absolute atomic E-state index is 0.137. The first-order valence-corrected chi connectivity index (χ1v) is 29.9. The first-order chi connectivity index (χ1) is 33.3. The second-order valence-electron chi connectivity index (χ2n) is 21.1. The lowest BCUT2D eigenvalue weighted by Crippen LogP contribution is -2.60. The van der Waals surface area contributed by atoms with E-state index in [1.165, 1.54) is 225 Å². The fourth-order valence-corrected chi connectivity index (χ4v) is 9.87. The van der Waals surface area contributed by atoms with Crippen LogP contribution < -0.4 is 5.32 Å². The van der Waals surface area contributed by atoms with E-state index >= 15 is 0 Å². The highest BCUT2D eigenvalue weighted by molar-refractivity contribution is 5.76. The highest BCUT2D eigenvalue weighted by Gasteiger charge is 2.44. The molecular weight excluding hydrogens is 851 g/mol. The maximum atomic E-state index is 13.0. The van der Waals surface area contributed by atoms with Crippen LogP contribution in [0.25, 0.3) is 0 Å². The van der Waals surface area contributed by atoms with E-state index in [9.17, 15) is 30.3 Å². The van der Waals surface area contributed by atoms with Crippen molar-refractivity contribution in [3.05, 3.63) is 12.2 Å². The van der Waals surface area contributed by atoms with Crippen LogP contribution in [0.4, 0.5) is 0 Å². The minimum atomic E-state index is -1.55. The molecule has 7 unspecified atom stereocenters. The summed E-state index contributed by atoms with van der Waals surface area (Å²) in [7, 11) is 0. The molecule has 1 rings (SSSR count). The van der Waals surface area contributed by atoms with E-state index in [2.05, 4.69) is 31.3 Å². The quantitative estimate of drug-likeness (QED) is 0.0261. The van der Waals surface area contributed by atoms with E-state index in [1.807, 2.05) is 0 Å². The van der Waals surface area contributed by atoms with Crippen molar-refractivity contribution in [1.29, 1.82) is 0 Å². The standard InChI is InChI=1S/C59H115NO8/c1-3-5-7-9-11-13-15-17-19-20-21-22-23-24-25-26-27-28-29-30-31-32-33-34-35-36-38-40-42-44-46-48-53(62)52(51-67-59-58(66)57(65)56(64)54(50-61)68-59)60-55(63)49-47-45-43-41-39-37-18-16-14-12-10-8-6-4-2/h16,18,52-54,56-59,61-62,64-66H,3-15,17,19-51H2,1-2H3,(H,60,63)/b18-16-. The van der Waals surface area contributed by atoms with Crippen LogP contribution in [-0.2, 0) is 14.3 Å². The molecule has 0 radical (unpaired) electrons. The summed E-state index contributed by atoms with van der Waals surface area (Å²) in [4.78, 5) is 13.0. The van der Waals surface area contributed by atoms with Crippen molar-refractivity contribution in [3.63, 3.8) is 0 Å². The van der Waals surface area contributed by atoms with E-state index in [-0.39, 0.29) is 12.5 Å².